The monoisotopic (exact) mass is 544 g/mol. The van der Waals surface area contributed by atoms with Crippen molar-refractivity contribution >= 4 is 21.9 Å². The molecule has 37 heavy (non-hydrogen) atoms. The van der Waals surface area contributed by atoms with Crippen LogP contribution in [0, 0.1) is 29.1 Å². The van der Waals surface area contributed by atoms with Crippen LogP contribution in [0.2, 0.25) is 0 Å². The van der Waals surface area contributed by atoms with Crippen LogP contribution >= 0.6 is 0 Å². The first-order chi connectivity index (χ1) is 17.2. The first-order valence-electron chi connectivity index (χ1n) is 12.8. The number of esters is 1. The molecule has 0 aromatic heterocycles. The Balaban J connectivity index is 1.35. The van der Waals surface area contributed by atoms with Crippen molar-refractivity contribution < 1.29 is 35.9 Å². The number of hydrogen-bond donors (Lipinski definition) is 2. The third kappa shape index (κ3) is 6.13. The van der Waals surface area contributed by atoms with Crippen molar-refractivity contribution in [3.8, 4) is 0 Å². The van der Waals surface area contributed by atoms with Gasteiger partial charge in [-0.2, -0.15) is 17.9 Å². The fraction of sp³-hybridized carbons (Fsp3) is 0.692. The van der Waals surface area contributed by atoms with Crippen molar-refractivity contribution in [2.75, 3.05) is 6.61 Å². The summed E-state index contributed by atoms with van der Waals surface area (Å²) in [6, 6.07) is 1.82. The fourth-order valence-electron chi connectivity index (χ4n) is 6.90. The van der Waals surface area contributed by atoms with Crippen molar-refractivity contribution in [1.29, 1.82) is 0 Å². The summed E-state index contributed by atoms with van der Waals surface area (Å²) in [6.45, 7) is 4.57. The maximum atomic E-state index is 13.0. The highest BCUT2D eigenvalue weighted by atomic mass is 32.2. The highest BCUT2D eigenvalue weighted by Crippen LogP contribution is 2.61. The van der Waals surface area contributed by atoms with Gasteiger partial charge in [-0.15, -0.1) is 0 Å². The first-order valence-corrected chi connectivity index (χ1v) is 14.3. The van der Waals surface area contributed by atoms with Gasteiger partial charge in [0.05, 0.1) is 10.5 Å². The van der Waals surface area contributed by atoms with Crippen molar-refractivity contribution in [1.82, 2.24) is 10.0 Å². The van der Waals surface area contributed by atoms with Crippen LogP contribution in [-0.4, -0.2) is 39.0 Å². The van der Waals surface area contributed by atoms with Crippen LogP contribution < -0.4 is 10.0 Å². The molecule has 5 rings (SSSR count). The first kappa shape index (κ1) is 27.9. The molecule has 0 aliphatic heterocycles. The molecule has 4 fully saturated rings. The number of halogens is 3. The van der Waals surface area contributed by atoms with E-state index in [1.165, 1.54) is 19.3 Å². The lowest BCUT2D eigenvalue weighted by Gasteiger charge is -2.59. The van der Waals surface area contributed by atoms with Gasteiger partial charge in [0.1, 0.15) is 6.04 Å². The lowest BCUT2D eigenvalue weighted by atomic mass is 9.48. The number of sulfonamides is 1. The zero-order valence-electron chi connectivity index (χ0n) is 21.3. The van der Waals surface area contributed by atoms with E-state index in [0.29, 0.717) is 6.07 Å². The number of rotatable bonds is 9. The molecule has 4 aliphatic carbocycles. The number of ether oxygens (including phenoxy) is 1. The lowest BCUT2D eigenvalue weighted by Crippen LogP contribution is -2.56. The SMILES string of the molecule is CC(C)C(NS(=O)(=O)c1cccc(C(F)(F)F)c1)C(=O)OCC(=O)NC(C)C12CC3CC(CC(C3)C1)C2. The number of carbonyl (C=O) groups excluding carboxylic acids is 2. The topological polar surface area (TPSA) is 102 Å². The molecule has 4 aliphatic rings. The molecule has 0 spiro atoms. The minimum Gasteiger partial charge on any atom is -0.454 e. The summed E-state index contributed by atoms with van der Waals surface area (Å²) in [4.78, 5) is 24.7. The average Bonchev–Trinajstić information content (AvgIpc) is 2.79. The number of benzene rings is 1. The van der Waals surface area contributed by atoms with Crippen LogP contribution in [0.4, 0.5) is 13.2 Å². The molecule has 1 aromatic rings. The minimum atomic E-state index is -4.72. The Morgan fingerprint density at radius 1 is 1.05 bits per heavy atom. The maximum Gasteiger partial charge on any atom is 0.416 e. The Hall–Kier alpha value is -2.14. The minimum absolute atomic E-state index is 0.0626. The summed E-state index contributed by atoms with van der Waals surface area (Å²) in [5.74, 6) is 0.158. The molecule has 1 amide bonds. The molecular weight excluding hydrogens is 509 g/mol. The van der Waals surface area contributed by atoms with E-state index in [9.17, 15) is 31.2 Å². The standard InChI is InChI=1S/C26H35F3N2O5S/c1-15(2)23(31-37(34,35)21-6-4-5-20(10-21)26(27,28)29)24(33)36-14-22(32)30-16(3)25-11-17-7-18(12-25)9-19(8-17)13-25/h4-6,10,15-19,23,31H,7-9,11-14H2,1-3H3,(H,30,32). The van der Waals surface area contributed by atoms with E-state index in [1.807, 2.05) is 6.92 Å². The summed E-state index contributed by atoms with van der Waals surface area (Å²) in [5.41, 5.74) is -1.04. The predicted octanol–water partition coefficient (Wildman–Crippen LogP) is 4.27. The molecule has 1 aromatic carbocycles. The van der Waals surface area contributed by atoms with E-state index in [0.717, 1.165) is 55.2 Å². The Morgan fingerprint density at radius 3 is 2.14 bits per heavy atom. The van der Waals surface area contributed by atoms with Crippen LogP contribution in [0.25, 0.3) is 0 Å². The number of alkyl halides is 3. The van der Waals surface area contributed by atoms with E-state index >= 15 is 0 Å². The van der Waals surface area contributed by atoms with E-state index in [2.05, 4.69) is 10.0 Å². The van der Waals surface area contributed by atoms with Crippen LogP contribution in [-0.2, 0) is 30.5 Å². The Bertz CT molecular complexity index is 1100. The van der Waals surface area contributed by atoms with Gasteiger partial charge in [0.2, 0.25) is 10.0 Å². The molecule has 2 unspecified atom stereocenters. The zero-order valence-corrected chi connectivity index (χ0v) is 22.1. The van der Waals surface area contributed by atoms with Crippen molar-refractivity contribution in [3.63, 3.8) is 0 Å². The quantitative estimate of drug-likeness (QED) is 0.452. The molecule has 2 N–H and O–H groups in total. The molecule has 0 radical (unpaired) electrons. The van der Waals surface area contributed by atoms with Gasteiger partial charge < -0.3 is 10.1 Å². The second kappa shape index (κ2) is 10.2. The molecule has 206 valence electrons. The number of nitrogens with one attached hydrogen (secondary N) is 2. The lowest BCUT2D eigenvalue weighted by molar-refractivity contribution is -0.152. The van der Waals surface area contributed by atoms with Crippen molar-refractivity contribution in [2.24, 2.45) is 29.1 Å². The van der Waals surface area contributed by atoms with E-state index in [-0.39, 0.29) is 11.5 Å². The van der Waals surface area contributed by atoms with Crippen molar-refractivity contribution in [3.05, 3.63) is 29.8 Å². The smallest absolute Gasteiger partial charge is 0.416 e. The second-order valence-corrected chi connectivity index (χ2v) is 13.3. The van der Waals surface area contributed by atoms with Crippen LogP contribution in [0.3, 0.4) is 0 Å². The number of carbonyl (C=O) groups is 2. The summed E-state index contributed by atoms with van der Waals surface area (Å²) >= 11 is 0. The normalized spacial score (nSPS) is 28.7. The zero-order chi connectivity index (χ0) is 27.2. The Kier molecular flexibility index (Phi) is 7.69. The highest BCUT2D eigenvalue weighted by Gasteiger charge is 2.53. The predicted molar refractivity (Wildman–Crippen MR) is 130 cm³/mol. The van der Waals surface area contributed by atoms with Gasteiger partial charge in [0.25, 0.3) is 5.91 Å². The maximum absolute atomic E-state index is 13.0. The van der Waals surface area contributed by atoms with E-state index in [1.54, 1.807) is 13.8 Å². The van der Waals surface area contributed by atoms with E-state index in [4.69, 9.17) is 4.74 Å². The summed E-state index contributed by atoms with van der Waals surface area (Å²) in [6.07, 6.45) is 2.44. The molecule has 2 atom stereocenters. The molecular formula is C26H35F3N2O5S. The van der Waals surface area contributed by atoms with Gasteiger partial charge in [0.15, 0.2) is 6.61 Å². The summed E-state index contributed by atoms with van der Waals surface area (Å²) in [7, 11) is -4.47. The Labute approximate surface area is 216 Å². The van der Waals surface area contributed by atoms with Gasteiger partial charge in [0, 0.05) is 6.04 Å². The molecule has 7 nitrogen and oxygen atoms in total. The summed E-state index contributed by atoms with van der Waals surface area (Å²) in [5, 5.41) is 2.99. The Morgan fingerprint density at radius 2 is 1.62 bits per heavy atom. The molecule has 4 saturated carbocycles. The van der Waals surface area contributed by atoms with Crippen LogP contribution in [0.15, 0.2) is 29.2 Å². The highest BCUT2D eigenvalue weighted by molar-refractivity contribution is 7.89. The van der Waals surface area contributed by atoms with Crippen LogP contribution in [0.1, 0.15) is 64.9 Å². The molecule has 0 heterocycles. The molecule has 11 heteroatoms. The molecule has 0 saturated heterocycles. The summed E-state index contributed by atoms with van der Waals surface area (Å²) < 4.78 is 71.9. The van der Waals surface area contributed by atoms with Gasteiger partial charge in [-0.25, -0.2) is 8.42 Å². The molecule has 4 bridgehead atoms. The van der Waals surface area contributed by atoms with Crippen LogP contribution in [0.5, 0.6) is 0 Å². The third-order valence-electron chi connectivity index (χ3n) is 8.40. The second-order valence-electron chi connectivity index (χ2n) is 11.5. The fourth-order valence-corrected chi connectivity index (χ4v) is 8.28. The van der Waals surface area contributed by atoms with Gasteiger partial charge in [-0.05, 0) is 92.7 Å². The third-order valence-corrected chi connectivity index (χ3v) is 9.84. The van der Waals surface area contributed by atoms with E-state index < -0.39 is 57.1 Å². The van der Waals surface area contributed by atoms with Crippen molar-refractivity contribution in [2.45, 2.75) is 82.5 Å². The van der Waals surface area contributed by atoms with Gasteiger partial charge in [-0.1, -0.05) is 19.9 Å². The number of amides is 1. The average molecular weight is 545 g/mol. The largest absolute Gasteiger partial charge is 0.454 e. The van der Waals surface area contributed by atoms with Gasteiger partial charge in [-0.3, -0.25) is 9.59 Å². The number of hydrogen-bond acceptors (Lipinski definition) is 5. The van der Waals surface area contributed by atoms with Gasteiger partial charge >= 0.3 is 12.1 Å².